The summed E-state index contributed by atoms with van der Waals surface area (Å²) in [6.07, 6.45) is -0.244. The molecule has 7 heteroatoms. The van der Waals surface area contributed by atoms with Crippen LogP contribution in [0, 0.1) is 5.92 Å². The maximum atomic E-state index is 10.2. The van der Waals surface area contributed by atoms with Gasteiger partial charge in [-0.2, -0.15) is 4.98 Å². The third-order valence-electron chi connectivity index (χ3n) is 2.05. The Morgan fingerprint density at radius 3 is 2.76 bits per heavy atom. The van der Waals surface area contributed by atoms with E-state index >= 15 is 0 Å². The Hall–Kier alpha value is -1.47. The number of hydrogen-bond donors (Lipinski definition) is 1. The lowest BCUT2D eigenvalue weighted by molar-refractivity contribution is -0.142. The molecule has 0 fully saturated rings. The van der Waals surface area contributed by atoms with E-state index in [0.717, 1.165) is 0 Å². The largest absolute Gasteiger partial charge is 0.480 e. The van der Waals surface area contributed by atoms with Crippen molar-refractivity contribution in [2.24, 2.45) is 5.92 Å². The van der Waals surface area contributed by atoms with E-state index in [1.807, 2.05) is 13.8 Å². The second-order valence-electron chi connectivity index (χ2n) is 3.83. The van der Waals surface area contributed by atoms with Crippen molar-refractivity contribution in [1.29, 1.82) is 0 Å². The molecule has 1 N–H and O–H groups in total. The number of aromatic nitrogens is 2. The number of ether oxygens (including phenoxy) is 2. The van der Waals surface area contributed by atoms with Crippen LogP contribution in [0.5, 0.6) is 0 Å². The summed E-state index contributed by atoms with van der Waals surface area (Å²) >= 11 is 0. The number of aliphatic carboxylic acids is 1. The summed E-state index contributed by atoms with van der Waals surface area (Å²) in [6.45, 7) is 3.54. The van der Waals surface area contributed by atoms with Crippen molar-refractivity contribution in [2.75, 3.05) is 13.7 Å². The SMILES string of the molecule is COC(c1noc(COCC(=O)O)n1)C(C)C. The first-order chi connectivity index (χ1) is 8.04. The summed E-state index contributed by atoms with van der Waals surface area (Å²) in [5.41, 5.74) is 0. The normalized spacial score (nSPS) is 12.9. The van der Waals surface area contributed by atoms with Crippen molar-refractivity contribution >= 4 is 5.97 Å². The molecule has 0 aliphatic rings. The van der Waals surface area contributed by atoms with E-state index in [1.165, 1.54) is 0 Å². The number of carboxylic acids is 1. The van der Waals surface area contributed by atoms with Crippen LogP contribution in [0.15, 0.2) is 4.52 Å². The van der Waals surface area contributed by atoms with Crippen LogP contribution in [0.4, 0.5) is 0 Å². The lowest BCUT2D eigenvalue weighted by Gasteiger charge is -2.14. The number of rotatable bonds is 7. The fourth-order valence-electron chi connectivity index (χ4n) is 1.34. The first-order valence-electron chi connectivity index (χ1n) is 5.19. The fraction of sp³-hybridized carbons (Fsp3) is 0.700. The van der Waals surface area contributed by atoms with Gasteiger partial charge in [-0.25, -0.2) is 4.79 Å². The van der Waals surface area contributed by atoms with Crippen LogP contribution in [0.2, 0.25) is 0 Å². The van der Waals surface area contributed by atoms with Gasteiger partial charge in [0, 0.05) is 7.11 Å². The van der Waals surface area contributed by atoms with Gasteiger partial charge in [-0.15, -0.1) is 0 Å². The molecular formula is C10H16N2O5. The quantitative estimate of drug-likeness (QED) is 0.764. The fourth-order valence-corrected chi connectivity index (χ4v) is 1.34. The Morgan fingerprint density at radius 2 is 2.24 bits per heavy atom. The maximum Gasteiger partial charge on any atom is 0.329 e. The lowest BCUT2D eigenvalue weighted by Crippen LogP contribution is -2.11. The van der Waals surface area contributed by atoms with Crippen LogP contribution in [0.25, 0.3) is 0 Å². The van der Waals surface area contributed by atoms with Gasteiger partial charge < -0.3 is 19.1 Å². The number of nitrogens with zero attached hydrogens (tertiary/aromatic N) is 2. The first-order valence-corrected chi connectivity index (χ1v) is 5.19. The molecule has 0 radical (unpaired) electrons. The van der Waals surface area contributed by atoms with Gasteiger partial charge in [0.05, 0.1) is 0 Å². The summed E-state index contributed by atoms with van der Waals surface area (Å²) in [5, 5.41) is 12.2. The van der Waals surface area contributed by atoms with Gasteiger partial charge in [0.25, 0.3) is 5.89 Å². The van der Waals surface area contributed by atoms with Crippen LogP contribution in [-0.4, -0.2) is 34.9 Å². The average Bonchev–Trinajstić information content (AvgIpc) is 2.66. The summed E-state index contributed by atoms with van der Waals surface area (Å²) in [7, 11) is 1.57. The van der Waals surface area contributed by atoms with Gasteiger partial charge in [0.15, 0.2) is 0 Å². The molecular weight excluding hydrogens is 228 g/mol. The van der Waals surface area contributed by atoms with E-state index in [9.17, 15) is 4.79 Å². The van der Waals surface area contributed by atoms with Crippen molar-refractivity contribution in [2.45, 2.75) is 26.6 Å². The van der Waals surface area contributed by atoms with E-state index in [4.69, 9.17) is 19.1 Å². The molecule has 17 heavy (non-hydrogen) atoms. The van der Waals surface area contributed by atoms with Gasteiger partial charge in [-0.05, 0) is 5.92 Å². The minimum Gasteiger partial charge on any atom is -0.480 e. The second-order valence-corrected chi connectivity index (χ2v) is 3.83. The molecule has 0 saturated carbocycles. The summed E-state index contributed by atoms with van der Waals surface area (Å²) in [5.74, 6) is -0.146. The summed E-state index contributed by atoms with van der Waals surface area (Å²) < 4.78 is 15.0. The summed E-state index contributed by atoms with van der Waals surface area (Å²) in [6, 6.07) is 0. The average molecular weight is 244 g/mol. The Morgan fingerprint density at radius 1 is 1.53 bits per heavy atom. The Kier molecular flexibility index (Phi) is 5.05. The first kappa shape index (κ1) is 13.6. The predicted octanol–water partition coefficient (Wildman–Crippen LogP) is 1.01. The highest BCUT2D eigenvalue weighted by atomic mass is 16.5. The van der Waals surface area contributed by atoms with Gasteiger partial charge in [0.2, 0.25) is 5.82 Å². The topological polar surface area (TPSA) is 94.7 Å². The molecule has 0 saturated heterocycles. The van der Waals surface area contributed by atoms with Crippen molar-refractivity contribution in [3.63, 3.8) is 0 Å². The molecule has 1 atom stereocenters. The van der Waals surface area contributed by atoms with Crippen molar-refractivity contribution < 1.29 is 23.9 Å². The summed E-state index contributed by atoms with van der Waals surface area (Å²) in [4.78, 5) is 14.3. The molecule has 1 heterocycles. The number of carboxylic acid groups (broad SMARTS) is 1. The molecule has 96 valence electrons. The molecule has 7 nitrogen and oxygen atoms in total. The zero-order valence-electron chi connectivity index (χ0n) is 10.0. The Bertz CT molecular complexity index is 363. The smallest absolute Gasteiger partial charge is 0.329 e. The molecule has 0 bridgehead atoms. The zero-order valence-corrected chi connectivity index (χ0v) is 10.0. The van der Waals surface area contributed by atoms with Gasteiger partial charge in [-0.3, -0.25) is 0 Å². The van der Waals surface area contributed by atoms with Crippen molar-refractivity contribution in [3.05, 3.63) is 11.7 Å². The minimum absolute atomic E-state index is 0.0200. The third kappa shape index (κ3) is 4.12. The highest BCUT2D eigenvalue weighted by molar-refractivity contribution is 5.67. The number of carbonyl (C=O) groups is 1. The number of hydrogen-bond acceptors (Lipinski definition) is 6. The van der Waals surface area contributed by atoms with Gasteiger partial charge in [0.1, 0.15) is 19.3 Å². The molecule has 0 amide bonds. The molecule has 0 aliphatic carbocycles. The van der Waals surface area contributed by atoms with E-state index in [0.29, 0.717) is 5.82 Å². The van der Waals surface area contributed by atoms with Crippen molar-refractivity contribution in [1.82, 2.24) is 10.1 Å². The maximum absolute atomic E-state index is 10.2. The standard InChI is InChI=1S/C10H16N2O5/c1-6(2)9(15-3)10-11-7(17-12-10)4-16-5-8(13)14/h6,9H,4-5H2,1-3H3,(H,13,14). The molecule has 1 rings (SSSR count). The van der Waals surface area contributed by atoms with Gasteiger partial charge >= 0.3 is 5.97 Å². The molecule has 1 aromatic heterocycles. The molecule has 1 unspecified atom stereocenters. The van der Waals surface area contributed by atoms with E-state index in [1.54, 1.807) is 7.11 Å². The van der Waals surface area contributed by atoms with Gasteiger partial charge in [-0.1, -0.05) is 19.0 Å². The van der Waals surface area contributed by atoms with Crippen LogP contribution >= 0.6 is 0 Å². The lowest BCUT2D eigenvalue weighted by atomic mass is 10.1. The second kappa shape index (κ2) is 6.31. The minimum atomic E-state index is -1.04. The number of methoxy groups -OCH3 is 1. The zero-order chi connectivity index (χ0) is 12.8. The van der Waals surface area contributed by atoms with E-state index in [2.05, 4.69) is 10.1 Å². The third-order valence-corrected chi connectivity index (χ3v) is 2.05. The Balaban J connectivity index is 2.55. The predicted molar refractivity (Wildman–Crippen MR) is 56.2 cm³/mol. The highest BCUT2D eigenvalue weighted by Crippen LogP contribution is 2.22. The van der Waals surface area contributed by atoms with Crippen LogP contribution < -0.4 is 0 Å². The van der Waals surface area contributed by atoms with Crippen LogP contribution in [0.1, 0.15) is 31.7 Å². The highest BCUT2D eigenvalue weighted by Gasteiger charge is 2.21. The molecule has 1 aromatic rings. The van der Waals surface area contributed by atoms with Crippen LogP contribution in [0.3, 0.4) is 0 Å². The van der Waals surface area contributed by atoms with Crippen molar-refractivity contribution in [3.8, 4) is 0 Å². The van der Waals surface area contributed by atoms with E-state index < -0.39 is 12.6 Å². The monoisotopic (exact) mass is 244 g/mol. The molecule has 0 aliphatic heterocycles. The Labute approximate surface area is 98.7 Å². The van der Waals surface area contributed by atoms with E-state index in [-0.39, 0.29) is 24.5 Å². The molecule has 0 spiro atoms. The molecule has 0 aromatic carbocycles. The van der Waals surface area contributed by atoms with Crippen LogP contribution in [-0.2, 0) is 20.9 Å².